The molecule has 0 aliphatic carbocycles. The molecule has 0 fully saturated rings. The van der Waals surface area contributed by atoms with Crippen LogP contribution in [-0.4, -0.2) is 26.8 Å². The van der Waals surface area contributed by atoms with E-state index in [1.54, 1.807) is 13.1 Å². The van der Waals surface area contributed by atoms with Gasteiger partial charge in [-0.2, -0.15) is 9.61 Å². The van der Waals surface area contributed by atoms with Crippen molar-refractivity contribution in [3.8, 4) is 0 Å². The minimum Gasteiger partial charge on any atom is -0.462 e. The number of aromatic nitrogens is 3. The van der Waals surface area contributed by atoms with E-state index in [1.807, 2.05) is 42.7 Å². The van der Waals surface area contributed by atoms with Gasteiger partial charge in [-0.25, -0.2) is 4.79 Å². The Morgan fingerprint density at radius 3 is 2.62 bits per heavy atom. The summed E-state index contributed by atoms with van der Waals surface area (Å²) in [5.41, 5.74) is 2.25. The molecule has 0 bridgehead atoms. The van der Waals surface area contributed by atoms with Gasteiger partial charge in [-0.05, 0) is 24.8 Å². The first-order valence-corrected chi connectivity index (χ1v) is 8.85. The largest absolute Gasteiger partial charge is 0.462 e. The van der Waals surface area contributed by atoms with Crippen LogP contribution in [0.5, 0.6) is 0 Å². The van der Waals surface area contributed by atoms with Gasteiger partial charge in [0.15, 0.2) is 0 Å². The summed E-state index contributed by atoms with van der Waals surface area (Å²) in [5, 5.41) is 4.41. The number of ether oxygens (including phenoxy) is 1. The van der Waals surface area contributed by atoms with Gasteiger partial charge >= 0.3 is 5.97 Å². The lowest BCUT2D eigenvalue weighted by molar-refractivity contribution is 0.0522. The van der Waals surface area contributed by atoms with Gasteiger partial charge in [-0.3, -0.25) is 4.79 Å². The van der Waals surface area contributed by atoms with Crippen LogP contribution in [0.25, 0.3) is 5.65 Å². The number of carbonyl (C=O) groups is 1. The lowest BCUT2D eigenvalue weighted by Crippen LogP contribution is -2.27. The first-order chi connectivity index (χ1) is 12.5. The van der Waals surface area contributed by atoms with E-state index in [9.17, 15) is 9.59 Å². The highest BCUT2D eigenvalue weighted by Gasteiger charge is 2.19. The first kappa shape index (κ1) is 17.9. The average Bonchev–Trinajstić information content (AvgIpc) is 3.09. The summed E-state index contributed by atoms with van der Waals surface area (Å²) >= 11 is 0. The van der Waals surface area contributed by atoms with E-state index in [4.69, 9.17) is 4.74 Å². The van der Waals surface area contributed by atoms with Crippen LogP contribution in [0.4, 0.5) is 0 Å². The number of nitrogens with zero attached hydrogens (tertiary/aromatic N) is 3. The maximum Gasteiger partial charge on any atom is 0.345 e. The Bertz CT molecular complexity index is 971. The Hall–Kier alpha value is -2.89. The van der Waals surface area contributed by atoms with Crippen LogP contribution in [0.15, 0.2) is 47.4 Å². The third-order valence-electron chi connectivity index (χ3n) is 4.28. The monoisotopic (exact) mass is 353 g/mol. The fourth-order valence-corrected chi connectivity index (χ4v) is 2.84. The maximum absolute atomic E-state index is 12.7. The molecule has 6 heteroatoms. The quantitative estimate of drug-likeness (QED) is 0.639. The van der Waals surface area contributed by atoms with Gasteiger partial charge in [0.2, 0.25) is 0 Å². The van der Waals surface area contributed by atoms with Crippen molar-refractivity contribution in [1.29, 1.82) is 0 Å². The van der Waals surface area contributed by atoms with Crippen LogP contribution in [0.1, 0.15) is 48.3 Å². The molecule has 2 heterocycles. The molecule has 0 unspecified atom stereocenters. The molecule has 0 saturated heterocycles. The van der Waals surface area contributed by atoms with Gasteiger partial charge in [-0.15, -0.1) is 0 Å². The lowest BCUT2D eigenvalue weighted by Gasteiger charge is -2.11. The molecule has 2 aromatic heterocycles. The average molecular weight is 353 g/mol. The Labute approximate surface area is 152 Å². The van der Waals surface area contributed by atoms with Crippen LogP contribution in [0, 0.1) is 0 Å². The third kappa shape index (κ3) is 3.54. The van der Waals surface area contributed by atoms with Crippen molar-refractivity contribution in [3.63, 3.8) is 0 Å². The van der Waals surface area contributed by atoms with E-state index in [-0.39, 0.29) is 18.1 Å². The van der Waals surface area contributed by atoms with Gasteiger partial charge < -0.3 is 9.30 Å². The van der Waals surface area contributed by atoms with Gasteiger partial charge in [0, 0.05) is 18.8 Å². The molecular weight excluding hydrogens is 330 g/mol. The van der Waals surface area contributed by atoms with E-state index in [0.29, 0.717) is 12.2 Å². The zero-order valence-corrected chi connectivity index (χ0v) is 15.3. The predicted octanol–water partition coefficient (Wildman–Crippen LogP) is 3.04. The summed E-state index contributed by atoms with van der Waals surface area (Å²) in [6, 6.07) is 12.0. The summed E-state index contributed by atoms with van der Waals surface area (Å²) in [7, 11) is 0. The summed E-state index contributed by atoms with van der Waals surface area (Å²) in [5.74, 6) is -0.433. The molecule has 0 saturated carbocycles. The Balaban J connectivity index is 2.07. The molecule has 6 nitrogen and oxygen atoms in total. The molecule has 0 atom stereocenters. The number of rotatable bonds is 6. The van der Waals surface area contributed by atoms with Crippen LogP contribution >= 0.6 is 0 Å². The Kier molecular flexibility index (Phi) is 5.21. The molecule has 0 N–H and O–H groups in total. The van der Waals surface area contributed by atoms with Crippen molar-refractivity contribution < 1.29 is 9.53 Å². The number of hydrogen-bond donors (Lipinski definition) is 0. The first-order valence-electron chi connectivity index (χ1n) is 8.85. The number of fused-ring (bicyclic) bond motifs is 1. The number of aryl methyl sites for hydroxylation is 2. The van der Waals surface area contributed by atoms with E-state index in [2.05, 4.69) is 17.2 Å². The molecule has 0 radical (unpaired) electrons. The fourth-order valence-electron chi connectivity index (χ4n) is 2.84. The van der Waals surface area contributed by atoms with Crippen molar-refractivity contribution in [2.24, 2.45) is 0 Å². The van der Waals surface area contributed by atoms with Crippen molar-refractivity contribution in [2.75, 3.05) is 6.61 Å². The second-order valence-corrected chi connectivity index (χ2v) is 6.49. The Morgan fingerprint density at radius 2 is 1.96 bits per heavy atom. The topological polar surface area (TPSA) is 65.6 Å². The van der Waals surface area contributed by atoms with Gasteiger partial charge in [0.05, 0.1) is 12.3 Å². The number of benzene rings is 1. The van der Waals surface area contributed by atoms with Crippen LogP contribution < -0.4 is 5.56 Å². The minimum atomic E-state index is -0.616. The minimum absolute atomic E-state index is 0.00539. The highest BCUT2D eigenvalue weighted by molar-refractivity contribution is 5.88. The molecule has 0 aliphatic rings. The zero-order valence-electron chi connectivity index (χ0n) is 15.3. The Morgan fingerprint density at radius 1 is 1.23 bits per heavy atom. The highest BCUT2D eigenvalue weighted by atomic mass is 16.5. The van der Waals surface area contributed by atoms with E-state index < -0.39 is 11.5 Å². The highest BCUT2D eigenvalue weighted by Crippen LogP contribution is 2.16. The van der Waals surface area contributed by atoms with Crippen LogP contribution in [0.2, 0.25) is 0 Å². The smallest absolute Gasteiger partial charge is 0.345 e. The second kappa shape index (κ2) is 7.56. The van der Waals surface area contributed by atoms with Crippen LogP contribution in [-0.2, 0) is 17.7 Å². The zero-order chi connectivity index (χ0) is 18.7. The van der Waals surface area contributed by atoms with Crippen molar-refractivity contribution in [3.05, 3.63) is 69.8 Å². The number of hydrogen-bond acceptors (Lipinski definition) is 4. The summed E-state index contributed by atoms with van der Waals surface area (Å²) in [6.07, 6.45) is 2.37. The molecular formula is C20H23N3O3. The van der Waals surface area contributed by atoms with Gasteiger partial charge in [0.1, 0.15) is 11.2 Å². The second-order valence-electron chi connectivity index (χ2n) is 6.49. The predicted molar refractivity (Wildman–Crippen MR) is 99.6 cm³/mol. The normalized spacial score (nSPS) is 11.2. The van der Waals surface area contributed by atoms with Gasteiger partial charge in [-0.1, -0.05) is 44.2 Å². The summed E-state index contributed by atoms with van der Waals surface area (Å²) < 4.78 is 8.25. The molecule has 0 spiro atoms. The standard InChI is InChI=1S/C20H23N3O3/c1-4-26-20(25)16-13-22(11-10-15-8-6-5-7-9-15)18-12-17(14(2)3)21-23(18)19(16)24/h5-9,12-14H,4,10-11H2,1-3H3. The summed E-state index contributed by atoms with van der Waals surface area (Å²) in [6.45, 7) is 6.61. The third-order valence-corrected chi connectivity index (χ3v) is 4.28. The molecule has 0 aliphatic heterocycles. The number of esters is 1. The van der Waals surface area contributed by atoms with Crippen molar-refractivity contribution >= 4 is 11.6 Å². The molecule has 1 aromatic carbocycles. The molecule has 3 aromatic rings. The maximum atomic E-state index is 12.7. The van der Waals surface area contributed by atoms with E-state index >= 15 is 0 Å². The summed E-state index contributed by atoms with van der Waals surface area (Å²) in [4.78, 5) is 24.9. The van der Waals surface area contributed by atoms with Crippen molar-refractivity contribution in [2.45, 2.75) is 39.7 Å². The van der Waals surface area contributed by atoms with E-state index in [1.165, 1.54) is 10.1 Å². The van der Waals surface area contributed by atoms with E-state index in [0.717, 1.165) is 12.1 Å². The van der Waals surface area contributed by atoms with Gasteiger partial charge in [0.25, 0.3) is 5.56 Å². The molecule has 0 amide bonds. The molecule has 3 rings (SSSR count). The molecule has 26 heavy (non-hydrogen) atoms. The fraction of sp³-hybridized carbons (Fsp3) is 0.350. The van der Waals surface area contributed by atoms with Crippen LogP contribution in [0.3, 0.4) is 0 Å². The van der Waals surface area contributed by atoms with Crippen molar-refractivity contribution in [1.82, 2.24) is 14.2 Å². The lowest BCUT2D eigenvalue weighted by atomic mass is 10.1. The number of carbonyl (C=O) groups excluding carboxylic acids is 1. The SMILES string of the molecule is CCOC(=O)c1cn(CCc2ccccc2)c2cc(C(C)C)nn2c1=O. The molecule has 136 valence electrons.